The summed E-state index contributed by atoms with van der Waals surface area (Å²) in [6.07, 6.45) is 0.731. The molecule has 2 aromatic carbocycles. The van der Waals surface area contributed by atoms with Crippen molar-refractivity contribution < 1.29 is 22.9 Å². The fourth-order valence-corrected chi connectivity index (χ4v) is 6.73. The summed E-state index contributed by atoms with van der Waals surface area (Å²) in [6.45, 7) is 6.01. The van der Waals surface area contributed by atoms with Gasteiger partial charge in [-0.15, -0.1) is 11.3 Å². The van der Waals surface area contributed by atoms with Crippen molar-refractivity contribution in [2.24, 2.45) is 5.73 Å². The maximum absolute atomic E-state index is 13.0. The molecule has 35 heavy (non-hydrogen) atoms. The molecule has 0 aliphatic carbocycles. The first-order chi connectivity index (χ1) is 16.6. The zero-order chi connectivity index (χ0) is 25.3. The molecule has 0 bridgehead atoms. The second-order valence-corrected chi connectivity index (χ2v) is 11.9. The molecule has 3 aromatic rings. The van der Waals surface area contributed by atoms with Crippen LogP contribution >= 0.6 is 11.3 Å². The van der Waals surface area contributed by atoms with Crippen LogP contribution in [0.4, 0.5) is 10.7 Å². The number of nitrogens with two attached hydrogens (primary N) is 1. The summed E-state index contributed by atoms with van der Waals surface area (Å²) in [5, 5.41) is 3.27. The largest absolute Gasteiger partial charge is 0.365 e. The Morgan fingerprint density at radius 3 is 2.34 bits per heavy atom. The van der Waals surface area contributed by atoms with Crippen LogP contribution in [0.15, 0.2) is 59.5 Å². The molecular formula is C25H29N4O4S2+. The lowest BCUT2D eigenvalue weighted by Crippen LogP contribution is -3.14. The maximum atomic E-state index is 13.0. The molecule has 0 radical (unpaired) electrons. The lowest BCUT2D eigenvalue weighted by Gasteiger charge is -2.27. The number of carbonyl (C=O) groups is 2. The average Bonchev–Trinajstić information content (AvgIpc) is 3.21. The lowest BCUT2D eigenvalue weighted by atomic mass is 10.0. The number of rotatable bonds is 7. The molecule has 1 aromatic heterocycles. The molecule has 1 unspecified atom stereocenters. The Kier molecular flexibility index (Phi) is 6.98. The summed E-state index contributed by atoms with van der Waals surface area (Å²) in [7, 11) is -2.30. The zero-order valence-electron chi connectivity index (χ0n) is 19.9. The molecule has 10 heteroatoms. The number of nitrogens with zero attached hydrogens (tertiary/aromatic N) is 1. The van der Waals surface area contributed by atoms with E-state index >= 15 is 0 Å². The van der Waals surface area contributed by atoms with Crippen LogP contribution in [0.3, 0.4) is 0 Å². The average molecular weight is 514 g/mol. The third-order valence-electron chi connectivity index (χ3n) is 6.36. The van der Waals surface area contributed by atoms with E-state index in [4.69, 9.17) is 5.73 Å². The standard InChI is InChI=1S/C25H28N4O4S2/c1-16(2)29-14-13-20-21(15-29)34-25(22(20)23(26)30)27-24(31)17-9-11-19(12-10-17)35(32,33)28(3)18-7-5-4-6-8-18/h4-12,16H,13-15H2,1-3H3,(H2,26,30)(H,27,31)/p+1. The number of fused-ring (bicyclic) bond motifs is 1. The van der Waals surface area contributed by atoms with E-state index in [0.29, 0.717) is 22.3 Å². The van der Waals surface area contributed by atoms with E-state index in [9.17, 15) is 18.0 Å². The van der Waals surface area contributed by atoms with Crippen molar-refractivity contribution in [3.8, 4) is 0 Å². The Labute approximate surface area is 209 Å². The first kappa shape index (κ1) is 24.9. The highest BCUT2D eigenvalue weighted by atomic mass is 32.2. The predicted molar refractivity (Wildman–Crippen MR) is 138 cm³/mol. The third-order valence-corrected chi connectivity index (χ3v) is 9.31. The third kappa shape index (κ3) is 4.95. The highest BCUT2D eigenvalue weighted by Crippen LogP contribution is 2.35. The summed E-state index contributed by atoms with van der Waals surface area (Å²) in [5.41, 5.74) is 7.79. The maximum Gasteiger partial charge on any atom is 0.264 e. The smallest absolute Gasteiger partial charge is 0.264 e. The summed E-state index contributed by atoms with van der Waals surface area (Å²) in [4.78, 5) is 27.7. The van der Waals surface area contributed by atoms with Crippen molar-refractivity contribution >= 4 is 43.9 Å². The molecule has 2 heterocycles. The molecule has 0 saturated heterocycles. The van der Waals surface area contributed by atoms with Crippen LogP contribution in [0.1, 0.15) is 45.0 Å². The topological polar surface area (TPSA) is 114 Å². The lowest BCUT2D eigenvalue weighted by molar-refractivity contribution is -0.936. The molecule has 8 nitrogen and oxygen atoms in total. The zero-order valence-corrected chi connectivity index (χ0v) is 21.5. The number of hydrogen-bond acceptors (Lipinski definition) is 5. The number of benzene rings is 2. The van der Waals surface area contributed by atoms with Crippen molar-refractivity contribution in [2.75, 3.05) is 23.2 Å². The van der Waals surface area contributed by atoms with E-state index in [1.54, 1.807) is 24.3 Å². The number of anilines is 2. The van der Waals surface area contributed by atoms with Gasteiger partial charge < -0.3 is 16.0 Å². The first-order valence-electron chi connectivity index (χ1n) is 11.3. The van der Waals surface area contributed by atoms with E-state index < -0.39 is 21.8 Å². The van der Waals surface area contributed by atoms with Gasteiger partial charge in [-0.05, 0) is 55.8 Å². The normalized spacial score (nSPS) is 15.5. The SMILES string of the molecule is CC(C)[NH+]1CCc2c(sc(NC(=O)c3ccc(S(=O)(=O)N(C)c4ccccc4)cc3)c2C(N)=O)C1. The highest BCUT2D eigenvalue weighted by Gasteiger charge is 2.31. The molecule has 0 saturated carbocycles. The molecular weight excluding hydrogens is 484 g/mol. The minimum atomic E-state index is -3.79. The van der Waals surface area contributed by atoms with Crippen molar-refractivity contribution in [3.05, 3.63) is 76.2 Å². The molecule has 1 aliphatic heterocycles. The molecule has 2 amide bonds. The number of quaternary nitrogens is 1. The van der Waals surface area contributed by atoms with E-state index in [1.165, 1.54) is 51.9 Å². The van der Waals surface area contributed by atoms with E-state index in [-0.39, 0.29) is 10.5 Å². The Morgan fingerprint density at radius 2 is 1.74 bits per heavy atom. The molecule has 1 atom stereocenters. The van der Waals surface area contributed by atoms with Crippen LogP contribution in [0, 0.1) is 0 Å². The molecule has 4 rings (SSSR count). The molecule has 184 valence electrons. The van der Waals surface area contributed by atoms with Crippen LogP contribution in [0.2, 0.25) is 0 Å². The quantitative estimate of drug-likeness (QED) is 0.450. The number of carbonyl (C=O) groups excluding carboxylic acids is 2. The van der Waals surface area contributed by atoms with Crippen LogP contribution in [0.5, 0.6) is 0 Å². The predicted octanol–water partition coefficient (Wildman–Crippen LogP) is 2.27. The van der Waals surface area contributed by atoms with Gasteiger partial charge in [0.2, 0.25) is 0 Å². The number of thiophene rings is 1. The molecule has 0 fully saturated rings. The summed E-state index contributed by atoms with van der Waals surface area (Å²) in [6, 6.07) is 14.9. The summed E-state index contributed by atoms with van der Waals surface area (Å²) in [5.74, 6) is -0.990. The molecule has 0 spiro atoms. The molecule has 1 aliphatic rings. The number of nitrogens with one attached hydrogen (secondary N) is 2. The second kappa shape index (κ2) is 9.80. The number of sulfonamides is 1. The van der Waals surface area contributed by atoms with Crippen molar-refractivity contribution in [2.45, 2.75) is 37.8 Å². The Hall–Kier alpha value is -3.21. The van der Waals surface area contributed by atoms with Gasteiger partial charge in [0.05, 0.1) is 33.6 Å². The van der Waals surface area contributed by atoms with Crippen LogP contribution in [0.25, 0.3) is 0 Å². The molecule has 4 N–H and O–H groups in total. The fourth-order valence-electron chi connectivity index (χ4n) is 4.23. The van der Waals surface area contributed by atoms with Gasteiger partial charge in [-0.1, -0.05) is 18.2 Å². The minimum absolute atomic E-state index is 0.0709. The van der Waals surface area contributed by atoms with E-state index in [1.807, 2.05) is 6.07 Å². The monoisotopic (exact) mass is 513 g/mol. The minimum Gasteiger partial charge on any atom is -0.365 e. The Bertz CT molecular complexity index is 1350. The van der Waals surface area contributed by atoms with Crippen LogP contribution < -0.4 is 20.3 Å². The van der Waals surface area contributed by atoms with Gasteiger partial charge in [0.1, 0.15) is 11.5 Å². The highest BCUT2D eigenvalue weighted by molar-refractivity contribution is 7.92. The summed E-state index contributed by atoms with van der Waals surface area (Å²) >= 11 is 1.39. The Balaban J connectivity index is 1.55. The van der Waals surface area contributed by atoms with Gasteiger partial charge in [-0.2, -0.15) is 0 Å². The summed E-state index contributed by atoms with van der Waals surface area (Å²) < 4.78 is 27.2. The Morgan fingerprint density at radius 1 is 1.09 bits per heavy atom. The van der Waals surface area contributed by atoms with Gasteiger partial charge in [-0.3, -0.25) is 13.9 Å². The van der Waals surface area contributed by atoms with Crippen molar-refractivity contribution in [1.29, 1.82) is 0 Å². The van der Waals surface area contributed by atoms with Gasteiger partial charge in [0.25, 0.3) is 21.8 Å². The van der Waals surface area contributed by atoms with Crippen molar-refractivity contribution in [1.82, 2.24) is 0 Å². The van der Waals surface area contributed by atoms with E-state index in [2.05, 4.69) is 19.2 Å². The van der Waals surface area contributed by atoms with E-state index in [0.717, 1.165) is 30.0 Å². The fraction of sp³-hybridized carbons (Fsp3) is 0.280. The second-order valence-electron chi connectivity index (χ2n) is 8.85. The van der Waals surface area contributed by atoms with Gasteiger partial charge in [0.15, 0.2) is 0 Å². The number of para-hydroxylation sites is 1. The number of hydrogen-bond donors (Lipinski definition) is 3. The van der Waals surface area contributed by atoms with Gasteiger partial charge >= 0.3 is 0 Å². The number of primary amides is 1. The van der Waals surface area contributed by atoms with Gasteiger partial charge in [-0.25, -0.2) is 8.42 Å². The van der Waals surface area contributed by atoms with Gasteiger partial charge in [0, 0.05) is 19.0 Å². The van der Waals surface area contributed by atoms with Crippen LogP contribution in [-0.4, -0.2) is 39.9 Å². The number of amides is 2. The van der Waals surface area contributed by atoms with Crippen molar-refractivity contribution in [3.63, 3.8) is 0 Å². The van der Waals surface area contributed by atoms with Crippen LogP contribution in [-0.2, 0) is 23.0 Å². The first-order valence-corrected chi connectivity index (χ1v) is 13.6.